The number of carbonyl (C=O) groups is 1. The lowest BCUT2D eigenvalue weighted by atomic mass is 9.97. The Morgan fingerprint density at radius 3 is 2.73 bits per heavy atom. The van der Waals surface area contributed by atoms with Crippen molar-refractivity contribution >= 4 is 15.9 Å². The molecular formula is C19H22N2O4S. The molecule has 2 N–H and O–H groups in total. The summed E-state index contributed by atoms with van der Waals surface area (Å²) in [4.78, 5) is 11.5. The van der Waals surface area contributed by atoms with Gasteiger partial charge < -0.3 is 10.5 Å². The first-order valence-electron chi connectivity index (χ1n) is 8.43. The Balaban J connectivity index is 1.74. The van der Waals surface area contributed by atoms with Gasteiger partial charge in [-0.05, 0) is 48.6 Å². The molecule has 1 heterocycles. The Hall–Kier alpha value is -2.38. The third-order valence-electron chi connectivity index (χ3n) is 4.67. The van der Waals surface area contributed by atoms with E-state index in [9.17, 15) is 13.2 Å². The summed E-state index contributed by atoms with van der Waals surface area (Å²) in [7, 11) is -2.13. The topological polar surface area (TPSA) is 89.7 Å². The largest absolute Gasteiger partial charge is 0.495 e. The Morgan fingerprint density at radius 1 is 1.23 bits per heavy atom. The van der Waals surface area contributed by atoms with E-state index in [0.717, 1.165) is 12.0 Å². The molecule has 7 heteroatoms. The fourth-order valence-electron chi connectivity index (χ4n) is 3.34. The number of primary amides is 1. The Bertz CT molecular complexity index is 911. The monoisotopic (exact) mass is 374 g/mol. The lowest BCUT2D eigenvalue weighted by molar-refractivity contribution is 0.1000. The van der Waals surface area contributed by atoms with Crippen molar-refractivity contribution in [1.29, 1.82) is 0 Å². The average Bonchev–Trinajstić information content (AvgIpc) is 3.11. The minimum absolute atomic E-state index is 0.193. The van der Waals surface area contributed by atoms with Crippen LogP contribution in [0.3, 0.4) is 0 Å². The third-order valence-corrected chi connectivity index (χ3v) is 6.58. The van der Waals surface area contributed by atoms with Crippen LogP contribution in [0, 0.1) is 5.92 Å². The van der Waals surface area contributed by atoms with Gasteiger partial charge in [-0.15, -0.1) is 0 Å². The molecule has 0 unspecified atom stereocenters. The molecule has 1 atom stereocenters. The van der Waals surface area contributed by atoms with E-state index < -0.39 is 15.9 Å². The number of hydrogen-bond donors (Lipinski definition) is 1. The van der Waals surface area contributed by atoms with Crippen LogP contribution in [0.4, 0.5) is 0 Å². The third kappa shape index (κ3) is 3.73. The van der Waals surface area contributed by atoms with E-state index in [2.05, 4.69) is 0 Å². The Labute approximate surface area is 153 Å². The van der Waals surface area contributed by atoms with Gasteiger partial charge in [0.05, 0.1) is 7.11 Å². The van der Waals surface area contributed by atoms with Crippen molar-refractivity contribution < 1.29 is 17.9 Å². The van der Waals surface area contributed by atoms with Crippen LogP contribution in [-0.2, 0) is 16.4 Å². The molecular weight excluding hydrogens is 352 g/mol. The summed E-state index contributed by atoms with van der Waals surface area (Å²) in [5.41, 5.74) is 6.78. The van der Waals surface area contributed by atoms with Crippen LogP contribution >= 0.6 is 0 Å². The van der Waals surface area contributed by atoms with E-state index in [1.807, 2.05) is 6.07 Å². The highest BCUT2D eigenvalue weighted by atomic mass is 32.2. The molecule has 1 fully saturated rings. The van der Waals surface area contributed by atoms with Gasteiger partial charge in [0.2, 0.25) is 15.9 Å². The van der Waals surface area contributed by atoms with Crippen molar-refractivity contribution in [2.75, 3.05) is 20.2 Å². The highest BCUT2D eigenvalue weighted by Crippen LogP contribution is 2.31. The number of nitrogens with two attached hydrogens (primary N) is 1. The summed E-state index contributed by atoms with van der Waals surface area (Å²) in [6, 6.07) is 13.8. The number of benzene rings is 2. The summed E-state index contributed by atoms with van der Waals surface area (Å²) in [6.45, 7) is 0.918. The molecule has 3 rings (SSSR count). The molecule has 0 saturated carbocycles. The van der Waals surface area contributed by atoms with Crippen LogP contribution in [0.2, 0.25) is 0 Å². The van der Waals surface area contributed by atoms with E-state index in [-0.39, 0.29) is 10.8 Å². The summed E-state index contributed by atoms with van der Waals surface area (Å²) in [5.74, 6) is 0.0892. The maximum atomic E-state index is 12.9. The first-order chi connectivity index (χ1) is 12.4. The lowest BCUT2D eigenvalue weighted by Crippen LogP contribution is -2.29. The van der Waals surface area contributed by atoms with Crippen molar-refractivity contribution in [3.8, 4) is 5.75 Å². The van der Waals surface area contributed by atoms with Crippen molar-refractivity contribution in [3.05, 3.63) is 59.7 Å². The molecule has 0 aliphatic carbocycles. The van der Waals surface area contributed by atoms with Gasteiger partial charge in [0, 0.05) is 18.7 Å². The fraction of sp³-hybridized carbons (Fsp3) is 0.316. The summed E-state index contributed by atoms with van der Waals surface area (Å²) in [5, 5.41) is 0. The number of amides is 1. The zero-order valence-corrected chi connectivity index (χ0v) is 15.4. The number of rotatable bonds is 6. The number of methoxy groups -OCH3 is 1. The summed E-state index contributed by atoms with van der Waals surface area (Å²) >= 11 is 0. The number of hydrogen-bond acceptors (Lipinski definition) is 4. The Morgan fingerprint density at radius 2 is 2.00 bits per heavy atom. The number of sulfonamides is 1. The average molecular weight is 374 g/mol. The smallest absolute Gasteiger partial charge is 0.248 e. The highest BCUT2D eigenvalue weighted by molar-refractivity contribution is 7.89. The highest BCUT2D eigenvalue weighted by Gasteiger charge is 2.34. The second-order valence-corrected chi connectivity index (χ2v) is 8.34. The van der Waals surface area contributed by atoms with Gasteiger partial charge in [0.15, 0.2) is 0 Å². The molecule has 1 aliphatic heterocycles. The van der Waals surface area contributed by atoms with Gasteiger partial charge in [-0.3, -0.25) is 4.79 Å². The van der Waals surface area contributed by atoms with E-state index in [0.29, 0.717) is 30.8 Å². The van der Waals surface area contributed by atoms with Gasteiger partial charge in [-0.25, -0.2) is 8.42 Å². The molecule has 0 aromatic heterocycles. The second kappa shape index (κ2) is 7.47. The van der Waals surface area contributed by atoms with Crippen molar-refractivity contribution in [2.45, 2.75) is 17.7 Å². The van der Waals surface area contributed by atoms with Crippen LogP contribution in [-0.4, -0.2) is 38.8 Å². The minimum Gasteiger partial charge on any atom is -0.495 e. The van der Waals surface area contributed by atoms with E-state index >= 15 is 0 Å². The van der Waals surface area contributed by atoms with Gasteiger partial charge in [-0.1, -0.05) is 24.3 Å². The fourth-order valence-corrected chi connectivity index (χ4v) is 5.03. The predicted octanol–water partition coefficient (Wildman–Crippen LogP) is 2.05. The summed E-state index contributed by atoms with van der Waals surface area (Å²) in [6.07, 6.45) is 1.48. The molecule has 2 aromatic rings. The maximum Gasteiger partial charge on any atom is 0.248 e. The van der Waals surface area contributed by atoms with Crippen molar-refractivity contribution in [1.82, 2.24) is 4.31 Å². The number of nitrogens with zero attached hydrogens (tertiary/aromatic N) is 1. The predicted molar refractivity (Wildman–Crippen MR) is 98.5 cm³/mol. The van der Waals surface area contributed by atoms with Crippen LogP contribution in [0.15, 0.2) is 53.4 Å². The van der Waals surface area contributed by atoms with Crippen LogP contribution < -0.4 is 10.5 Å². The zero-order chi connectivity index (χ0) is 18.7. The van der Waals surface area contributed by atoms with E-state index in [1.54, 1.807) is 42.5 Å². The van der Waals surface area contributed by atoms with Crippen molar-refractivity contribution in [3.63, 3.8) is 0 Å². The van der Waals surface area contributed by atoms with Gasteiger partial charge in [-0.2, -0.15) is 4.31 Å². The molecule has 26 heavy (non-hydrogen) atoms. The molecule has 0 spiro atoms. The SMILES string of the molecule is COc1ccccc1S(=O)(=O)N1CC[C@@H](Cc2cccc(C(N)=O)c2)C1. The van der Waals surface area contributed by atoms with E-state index in [1.165, 1.54) is 11.4 Å². The maximum absolute atomic E-state index is 12.9. The molecule has 1 aliphatic rings. The van der Waals surface area contributed by atoms with Crippen molar-refractivity contribution in [2.24, 2.45) is 11.7 Å². The summed E-state index contributed by atoms with van der Waals surface area (Å²) < 4.78 is 32.6. The van der Waals surface area contributed by atoms with E-state index in [4.69, 9.17) is 10.5 Å². The van der Waals surface area contributed by atoms with Gasteiger partial charge >= 0.3 is 0 Å². The molecule has 6 nitrogen and oxygen atoms in total. The normalized spacial score (nSPS) is 18.0. The van der Waals surface area contributed by atoms with Crippen LogP contribution in [0.25, 0.3) is 0 Å². The zero-order valence-electron chi connectivity index (χ0n) is 14.6. The number of carbonyl (C=O) groups excluding carboxylic acids is 1. The first-order valence-corrected chi connectivity index (χ1v) is 9.87. The van der Waals surface area contributed by atoms with Gasteiger partial charge in [0.1, 0.15) is 10.6 Å². The van der Waals surface area contributed by atoms with Crippen LogP contribution in [0.1, 0.15) is 22.3 Å². The Kier molecular flexibility index (Phi) is 5.29. The molecule has 0 bridgehead atoms. The molecule has 2 aromatic carbocycles. The number of para-hydroxylation sites is 1. The minimum atomic E-state index is -3.59. The quantitative estimate of drug-likeness (QED) is 0.838. The molecule has 0 radical (unpaired) electrons. The van der Waals surface area contributed by atoms with Crippen LogP contribution in [0.5, 0.6) is 5.75 Å². The number of ether oxygens (including phenoxy) is 1. The lowest BCUT2D eigenvalue weighted by Gasteiger charge is -2.18. The molecule has 138 valence electrons. The standard InChI is InChI=1S/C19H22N2O4S/c1-25-17-7-2-3-8-18(17)26(23,24)21-10-9-15(13-21)11-14-5-4-6-16(12-14)19(20)22/h2-8,12,15H,9-11,13H2,1H3,(H2,20,22)/t15-/m0/s1. The second-order valence-electron chi connectivity index (χ2n) is 6.44. The molecule has 1 amide bonds. The first kappa shape index (κ1) is 18.4. The molecule has 1 saturated heterocycles. The van der Waals surface area contributed by atoms with Gasteiger partial charge in [0.25, 0.3) is 0 Å².